The summed E-state index contributed by atoms with van der Waals surface area (Å²) in [4.78, 5) is 29.7. The molecule has 1 atom stereocenters. The maximum absolute atomic E-state index is 13.3. The molecule has 2 aromatic carbocycles. The van der Waals surface area contributed by atoms with E-state index < -0.39 is 11.8 Å². The van der Waals surface area contributed by atoms with Gasteiger partial charge in [-0.05, 0) is 106 Å². The summed E-state index contributed by atoms with van der Waals surface area (Å²) >= 11 is 11.3. The Hall–Kier alpha value is -2.70. The Morgan fingerprint density at radius 1 is 1.15 bits per heavy atom. The van der Waals surface area contributed by atoms with E-state index in [1.165, 1.54) is 16.2 Å². The molecule has 0 aliphatic carbocycles. The summed E-state index contributed by atoms with van der Waals surface area (Å²) in [6.07, 6.45) is 2.67. The molecule has 7 heteroatoms. The van der Waals surface area contributed by atoms with Crippen molar-refractivity contribution in [1.82, 2.24) is 5.32 Å². The third kappa shape index (κ3) is 4.30. The lowest BCUT2D eigenvalue weighted by molar-refractivity contribution is -0.122. The van der Waals surface area contributed by atoms with Gasteiger partial charge in [0.25, 0.3) is 11.8 Å². The van der Waals surface area contributed by atoms with Gasteiger partial charge in [0.05, 0.1) is 5.69 Å². The fourth-order valence-corrected chi connectivity index (χ4v) is 5.59. The highest BCUT2D eigenvalue weighted by atomic mass is 35.5. The molecular weight excluding hydrogens is 454 g/mol. The molecule has 1 fully saturated rings. The molecule has 2 aliphatic heterocycles. The Labute approximate surface area is 205 Å². The number of fused-ring (bicyclic) bond motifs is 1. The third-order valence-corrected chi connectivity index (χ3v) is 6.85. The van der Waals surface area contributed by atoms with Crippen molar-refractivity contribution < 1.29 is 9.59 Å². The summed E-state index contributed by atoms with van der Waals surface area (Å²) < 4.78 is 0. The molecular formula is C26H28ClN3O2S. The van der Waals surface area contributed by atoms with Crippen LogP contribution in [0.2, 0.25) is 5.02 Å². The Bertz CT molecular complexity index is 1170. The molecule has 33 heavy (non-hydrogen) atoms. The van der Waals surface area contributed by atoms with Gasteiger partial charge in [0.1, 0.15) is 5.57 Å². The van der Waals surface area contributed by atoms with E-state index in [1.54, 1.807) is 30.3 Å². The molecule has 4 rings (SSSR count). The molecule has 0 spiro atoms. The van der Waals surface area contributed by atoms with Crippen LogP contribution in [0.1, 0.15) is 58.1 Å². The van der Waals surface area contributed by atoms with Crippen LogP contribution in [0.25, 0.3) is 6.08 Å². The van der Waals surface area contributed by atoms with Gasteiger partial charge < -0.3 is 4.90 Å². The Morgan fingerprint density at radius 2 is 1.82 bits per heavy atom. The van der Waals surface area contributed by atoms with Crippen LogP contribution in [-0.2, 0) is 9.59 Å². The quantitative estimate of drug-likeness (QED) is 0.348. The zero-order chi connectivity index (χ0) is 24.1. The van der Waals surface area contributed by atoms with Crippen molar-refractivity contribution in [1.29, 1.82) is 0 Å². The molecule has 0 bridgehead atoms. The van der Waals surface area contributed by atoms with Crippen molar-refractivity contribution in [2.24, 2.45) is 0 Å². The van der Waals surface area contributed by atoms with E-state index in [9.17, 15) is 9.59 Å². The number of anilines is 2. The number of nitrogens with one attached hydrogen (secondary N) is 1. The highest BCUT2D eigenvalue weighted by Crippen LogP contribution is 2.44. The smallest absolute Gasteiger partial charge is 0.270 e. The van der Waals surface area contributed by atoms with Gasteiger partial charge in [0.2, 0.25) is 0 Å². The van der Waals surface area contributed by atoms with E-state index in [4.69, 9.17) is 23.8 Å². The molecule has 2 amide bonds. The Balaban J connectivity index is 1.73. The average Bonchev–Trinajstić information content (AvgIpc) is 2.71. The van der Waals surface area contributed by atoms with Gasteiger partial charge in [0, 0.05) is 22.3 Å². The number of hydrogen-bond acceptors (Lipinski definition) is 4. The fourth-order valence-electron chi connectivity index (χ4n) is 5.19. The van der Waals surface area contributed by atoms with E-state index in [0.29, 0.717) is 22.7 Å². The molecule has 2 heterocycles. The average molecular weight is 482 g/mol. The van der Waals surface area contributed by atoms with Gasteiger partial charge in [-0.1, -0.05) is 24.6 Å². The molecule has 5 nitrogen and oxygen atoms in total. The summed E-state index contributed by atoms with van der Waals surface area (Å²) in [5.74, 6) is -0.593. The monoisotopic (exact) mass is 481 g/mol. The number of rotatable bonds is 3. The lowest BCUT2D eigenvalue weighted by atomic mass is 9.78. The molecule has 0 aromatic heterocycles. The summed E-state index contributed by atoms with van der Waals surface area (Å²) in [5.41, 5.74) is 3.89. The van der Waals surface area contributed by atoms with Crippen molar-refractivity contribution in [3.8, 4) is 0 Å². The van der Waals surface area contributed by atoms with E-state index in [1.807, 2.05) is 6.07 Å². The highest BCUT2D eigenvalue weighted by Gasteiger charge is 2.38. The van der Waals surface area contributed by atoms with Crippen LogP contribution in [0.4, 0.5) is 11.4 Å². The van der Waals surface area contributed by atoms with Crippen molar-refractivity contribution in [3.63, 3.8) is 0 Å². The predicted octanol–water partition coefficient (Wildman–Crippen LogP) is 5.67. The molecule has 2 aliphatic rings. The first-order valence-electron chi connectivity index (χ1n) is 11.1. The third-order valence-electron chi connectivity index (χ3n) is 6.31. The number of amides is 2. The van der Waals surface area contributed by atoms with Crippen molar-refractivity contribution in [2.45, 2.75) is 58.5 Å². The van der Waals surface area contributed by atoms with Crippen molar-refractivity contribution >= 4 is 58.2 Å². The van der Waals surface area contributed by atoms with Gasteiger partial charge in [-0.2, -0.15) is 0 Å². The molecule has 1 saturated heterocycles. The second-order valence-corrected chi connectivity index (χ2v) is 10.5. The van der Waals surface area contributed by atoms with Crippen molar-refractivity contribution in [2.75, 3.05) is 9.80 Å². The number of halogens is 1. The minimum atomic E-state index is -0.495. The number of thiocarbonyl (C=S) groups is 1. The lowest BCUT2D eigenvalue weighted by Crippen LogP contribution is -2.54. The SMILES string of the molecule is CC(C)N1c2ccc(/C=C3\C(=O)NC(=S)N(c4ccc(Cl)cc4)C3=O)cc2[C@@H](C)CC1(C)C. The number of benzene rings is 2. The summed E-state index contributed by atoms with van der Waals surface area (Å²) in [6.45, 7) is 11.2. The molecule has 172 valence electrons. The van der Waals surface area contributed by atoms with Gasteiger partial charge in [-0.15, -0.1) is 0 Å². The second kappa shape index (κ2) is 8.58. The molecule has 0 unspecified atom stereocenters. The standard InChI is InChI=1S/C26H28ClN3O2S/c1-15(2)30-22-11-6-17(12-20(22)16(3)14-26(30,4)5)13-21-23(31)28-25(33)29(24(21)32)19-9-7-18(27)8-10-19/h6-13,15-16H,14H2,1-5H3,(H,28,31,33)/b21-13+/t16-/m0/s1. The number of carbonyl (C=O) groups is 2. The summed E-state index contributed by atoms with van der Waals surface area (Å²) in [6, 6.07) is 13.3. The normalized spacial score (nSPS) is 21.5. The zero-order valence-corrected chi connectivity index (χ0v) is 21.1. The van der Waals surface area contributed by atoms with Crippen LogP contribution in [-0.4, -0.2) is 28.5 Å². The molecule has 0 saturated carbocycles. The van der Waals surface area contributed by atoms with Crippen LogP contribution in [0, 0.1) is 0 Å². The van der Waals surface area contributed by atoms with Crippen LogP contribution in [0.5, 0.6) is 0 Å². The first kappa shape index (κ1) is 23.5. The van der Waals surface area contributed by atoms with Gasteiger partial charge >= 0.3 is 0 Å². The summed E-state index contributed by atoms with van der Waals surface area (Å²) in [5, 5.41) is 3.24. The first-order chi connectivity index (χ1) is 15.5. The molecule has 1 N–H and O–H groups in total. The Morgan fingerprint density at radius 3 is 2.45 bits per heavy atom. The van der Waals surface area contributed by atoms with E-state index >= 15 is 0 Å². The first-order valence-corrected chi connectivity index (χ1v) is 11.9. The predicted molar refractivity (Wildman–Crippen MR) is 139 cm³/mol. The van der Waals surface area contributed by atoms with Crippen LogP contribution in [0.15, 0.2) is 48.0 Å². The number of nitrogens with zero attached hydrogens (tertiary/aromatic N) is 2. The fraction of sp³-hybridized carbons (Fsp3) is 0.346. The van der Waals surface area contributed by atoms with Crippen molar-refractivity contribution in [3.05, 3.63) is 64.2 Å². The zero-order valence-electron chi connectivity index (χ0n) is 19.5. The van der Waals surface area contributed by atoms with E-state index in [2.05, 4.69) is 57.0 Å². The lowest BCUT2D eigenvalue weighted by Gasteiger charge is -2.50. The minimum absolute atomic E-state index is 0.0445. The largest absolute Gasteiger partial charge is 0.364 e. The maximum atomic E-state index is 13.3. The number of carbonyl (C=O) groups excluding carboxylic acids is 2. The number of hydrogen-bond donors (Lipinski definition) is 1. The topological polar surface area (TPSA) is 52.7 Å². The summed E-state index contributed by atoms with van der Waals surface area (Å²) in [7, 11) is 0. The van der Waals surface area contributed by atoms with Crippen LogP contribution in [0.3, 0.4) is 0 Å². The highest BCUT2D eigenvalue weighted by molar-refractivity contribution is 7.80. The molecule has 0 radical (unpaired) electrons. The van der Waals surface area contributed by atoms with E-state index in [-0.39, 0.29) is 16.2 Å². The Kier molecular flexibility index (Phi) is 6.10. The second-order valence-electron chi connectivity index (χ2n) is 9.63. The van der Waals surface area contributed by atoms with E-state index in [0.717, 1.165) is 12.0 Å². The molecule has 2 aromatic rings. The van der Waals surface area contributed by atoms with Crippen LogP contribution < -0.4 is 15.1 Å². The van der Waals surface area contributed by atoms with Gasteiger partial charge in [0.15, 0.2) is 5.11 Å². The maximum Gasteiger partial charge on any atom is 0.270 e. The minimum Gasteiger partial charge on any atom is -0.364 e. The van der Waals surface area contributed by atoms with Gasteiger partial charge in [-0.3, -0.25) is 19.8 Å². The van der Waals surface area contributed by atoms with Gasteiger partial charge in [-0.25, -0.2) is 0 Å². The van der Waals surface area contributed by atoms with Crippen LogP contribution >= 0.6 is 23.8 Å².